The van der Waals surface area contributed by atoms with Crippen molar-refractivity contribution in [3.63, 3.8) is 0 Å². The first-order valence-electron chi connectivity index (χ1n) is 6.28. The average molecular weight is 312 g/mol. The number of isothiocyanates is 1. The molecule has 0 aliphatic carbocycles. The molecule has 0 amide bonds. The van der Waals surface area contributed by atoms with Crippen LogP contribution < -0.4 is 10.5 Å². The fourth-order valence-electron chi connectivity index (χ4n) is 2.06. The number of aliphatic hydroxyl groups excluding tert-OH is 3. The van der Waals surface area contributed by atoms with Crippen molar-refractivity contribution in [3.8, 4) is 5.75 Å². The molecule has 1 aromatic rings. The number of benzene rings is 1. The molecule has 1 aliphatic rings. The van der Waals surface area contributed by atoms with Crippen LogP contribution in [-0.4, -0.2) is 57.7 Å². The Morgan fingerprint density at radius 3 is 2.52 bits per heavy atom. The van der Waals surface area contributed by atoms with Gasteiger partial charge in [-0.05, 0) is 36.5 Å². The van der Waals surface area contributed by atoms with E-state index in [0.29, 0.717) is 11.4 Å². The van der Waals surface area contributed by atoms with E-state index in [2.05, 4.69) is 22.4 Å². The van der Waals surface area contributed by atoms with Crippen LogP contribution in [0.25, 0.3) is 0 Å². The minimum absolute atomic E-state index is 0.427. The van der Waals surface area contributed by atoms with E-state index >= 15 is 0 Å². The van der Waals surface area contributed by atoms with Gasteiger partial charge in [-0.2, -0.15) is 4.99 Å². The number of nitrogens with two attached hydrogens (primary N) is 1. The van der Waals surface area contributed by atoms with Crippen molar-refractivity contribution < 1.29 is 24.8 Å². The van der Waals surface area contributed by atoms with Crippen molar-refractivity contribution >= 4 is 23.1 Å². The molecule has 0 saturated carbocycles. The fraction of sp³-hybridized carbons (Fsp3) is 0.462. The SMILES string of the molecule is Nc1ccc(O[C@H]2[C@@H](O)[C@H](O)[C@@H](CO)O[C@@H]2N=C=S)cc1. The van der Waals surface area contributed by atoms with Crippen molar-refractivity contribution in [3.05, 3.63) is 24.3 Å². The second kappa shape index (κ2) is 6.95. The Bertz CT molecular complexity index is 520. The Kier molecular flexibility index (Phi) is 5.24. The van der Waals surface area contributed by atoms with Gasteiger partial charge in [-0.25, -0.2) is 0 Å². The number of rotatable bonds is 4. The largest absolute Gasteiger partial charge is 0.483 e. The maximum absolute atomic E-state index is 10.1. The lowest BCUT2D eigenvalue weighted by Crippen LogP contribution is -2.59. The zero-order valence-electron chi connectivity index (χ0n) is 11.0. The highest BCUT2D eigenvalue weighted by atomic mass is 32.1. The maximum Gasteiger partial charge on any atom is 0.197 e. The van der Waals surface area contributed by atoms with Crippen molar-refractivity contribution in [1.82, 2.24) is 0 Å². The molecule has 1 saturated heterocycles. The zero-order chi connectivity index (χ0) is 15.4. The monoisotopic (exact) mass is 312 g/mol. The Balaban J connectivity index is 2.20. The molecule has 1 aliphatic heterocycles. The van der Waals surface area contributed by atoms with Crippen LogP contribution in [0.1, 0.15) is 0 Å². The number of nitrogens with zero attached hydrogens (tertiary/aromatic N) is 1. The summed E-state index contributed by atoms with van der Waals surface area (Å²) >= 11 is 4.54. The Morgan fingerprint density at radius 1 is 1.29 bits per heavy atom. The van der Waals surface area contributed by atoms with Crippen molar-refractivity contribution in [2.45, 2.75) is 30.6 Å². The number of ether oxygens (including phenoxy) is 2. The van der Waals surface area contributed by atoms with E-state index in [1.807, 2.05) is 0 Å². The lowest BCUT2D eigenvalue weighted by molar-refractivity contribution is -0.220. The zero-order valence-corrected chi connectivity index (χ0v) is 11.8. The second-order valence-electron chi connectivity index (χ2n) is 4.60. The summed E-state index contributed by atoms with van der Waals surface area (Å²) in [6, 6.07) is 6.50. The highest BCUT2D eigenvalue weighted by Gasteiger charge is 2.45. The maximum atomic E-state index is 10.1. The van der Waals surface area contributed by atoms with E-state index in [1.54, 1.807) is 24.3 Å². The second-order valence-corrected chi connectivity index (χ2v) is 4.78. The van der Waals surface area contributed by atoms with Gasteiger partial charge in [-0.1, -0.05) is 0 Å². The van der Waals surface area contributed by atoms with Gasteiger partial charge in [0.15, 0.2) is 12.3 Å². The molecule has 114 valence electrons. The van der Waals surface area contributed by atoms with Crippen LogP contribution in [-0.2, 0) is 4.74 Å². The fourth-order valence-corrected chi connectivity index (χ4v) is 2.16. The quantitative estimate of drug-likeness (QED) is 0.338. The molecule has 0 unspecified atom stereocenters. The lowest BCUT2D eigenvalue weighted by atomic mass is 9.98. The molecule has 1 heterocycles. The minimum Gasteiger partial charge on any atom is -0.483 e. The first kappa shape index (κ1) is 15.8. The summed E-state index contributed by atoms with van der Waals surface area (Å²) in [5.74, 6) is 0.427. The summed E-state index contributed by atoms with van der Waals surface area (Å²) in [6.45, 7) is -0.462. The number of thiocarbonyl (C=S) groups is 1. The summed E-state index contributed by atoms with van der Waals surface area (Å²) < 4.78 is 11.0. The smallest absolute Gasteiger partial charge is 0.197 e. The highest BCUT2D eigenvalue weighted by Crippen LogP contribution is 2.26. The molecule has 7 nitrogen and oxygen atoms in total. The highest BCUT2D eigenvalue weighted by molar-refractivity contribution is 7.78. The standard InChI is InChI=1S/C13H16N2O5S/c14-7-1-3-8(4-2-7)19-12-11(18)10(17)9(5-16)20-13(12)15-6-21/h1-4,9-13,16-18H,5,14H2/t9-,10-,11+,12+,13+/m1/s1. The van der Waals surface area contributed by atoms with E-state index in [4.69, 9.17) is 20.3 Å². The van der Waals surface area contributed by atoms with Gasteiger partial charge in [0.25, 0.3) is 0 Å². The summed E-state index contributed by atoms with van der Waals surface area (Å²) in [7, 11) is 0. The third-order valence-electron chi connectivity index (χ3n) is 3.17. The van der Waals surface area contributed by atoms with Gasteiger partial charge < -0.3 is 30.5 Å². The third kappa shape index (κ3) is 3.56. The van der Waals surface area contributed by atoms with Gasteiger partial charge >= 0.3 is 0 Å². The molecule has 0 radical (unpaired) electrons. The van der Waals surface area contributed by atoms with E-state index in [1.165, 1.54) is 0 Å². The Morgan fingerprint density at radius 2 is 1.95 bits per heavy atom. The molecule has 1 aromatic carbocycles. The summed E-state index contributed by atoms with van der Waals surface area (Å²) in [5.41, 5.74) is 6.15. The van der Waals surface area contributed by atoms with Gasteiger partial charge in [0.2, 0.25) is 0 Å². The summed E-state index contributed by atoms with van der Waals surface area (Å²) in [4.78, 5) is 3.77. The van der Waals surface area contributed by atoms with Crippen molar-refractivity contribution in [1.29, 1.82) is 0 Å². The van der Waals surface area contributed by atoms with Crippen LogP contribution in [0, 0.1) is 0 Å². The first-order valence-corrected chi connectivity index (χ1v) is 6.69. The van der Waals surface area contributed by atoms with Gasteiger partial charge in [0, 0.05) is 5.69 Å². The average Bonchev–Trinajstić information content (AvgIpc) is 2.48. The van der Waals surface area contributed by atoms with Crippen LogP contribution in [0.5, 0.6) is 5.75 Å². The third-order valence-corrected chi connectivity index (χ3v) is 3.28. The predicted octanol–water partition coefficient (Wildman–Crippen LogP) is -0.442. The number of hydrogen-bond acceptors (Lipinski definition) is 8. The van der Waals surface area contributed by atoms with E-state index < -0.39 is 37.3 Å². The van der Waals surface area contributed by atoms with E-state index in [-0.39, 0.29) is 0 Å². The minimum atomic E-state index is -1.30. The molecular weight excluding hydrogens is 296 g/mol. The van der Waals surface area contributed by atoms with Gasteiger partial charge in [-0.3, -0.25) is 0 Å². The number of anilines is 1. The van der Waals surface area contributed by atoms with Gasteiger partial charge in [0.1, 0.15) is 24.1 Å². The molecule has 0 spiro atoms. The molecule has 5 atom stereocenters. The lowest BCUT2D eigenvalue weighted by Gasteiger charge is -2.40. The van der Waals surface area contributed by atoms with Crippen LogP contribution in [0.3, 0.4) is 0 Å². The van der Waals surface area contributed by atoms with Crippen LogP contribution >= 0.6 is 12.2 Å². The molecular formula is C13H16N2O5S. The molecule has 8 heteroatoms. The first-order chi connectivity index (χ1) is 10.1. The van der Waals surface area contributed by atoms with Gasteiger partial charge in [0.05, 0.1) is 11.8 Å². The molecule has 0 bridgehead atoms. The number of aliphatic imine (C=N–C) groups is 1. The molecule has 21 heavy (non-hydrogen) atoms. The number of nitrogen functional groups attached to an aromatic ring is 1. The van der Waals surface area contributed by atoms with Crippen LogP contribution in [0.2, 0.25) is 0 Å². The van der Waals surface area contributed by atoms with Gasteiger partial charge in [-0.15, -0.1) is 0 Å². The molecule has 2 rings (SSSR count). The van der Waals surface area contributed by atoms with Crippen molar-refractivity contribution in [2.75, 3.05) is 12.3 Å². The van der Waals surface area contributed by atoms with Crippen LogP contribution in [0.4, 0.5) is 5.69 Å². The summed E-state index contributed by atoms with van der Waals surface area (Å²) in [6.07, 6.45) is -5.53. The molecule has 1 fully saturated rings. The van der Waals surface area contributed by atoms with Crippen LogP contribution in [0.15, 0.2) is 29.3 Å². The number of aliphatic hydroxyl groups is 3. The number of hydrogen-bond donors (Lipinski definition) is 4. The predicted molar refractivity (Wildman–Crippen MR) is 78.1 cm³/mol. The van der Waals surface area contributed by atoms with Crippen molar-refractivity contribution in [2.24, 2.45) is 4.99 Å². The molecule has 0 aromatic heterocycles. The molecule has 5 N–H and O–H groups in total. The topological polar surface area (TPSA) is 118 Å². The normalized spacial score (nSPS) is 32.2. The van der Waals surface area contributed by atoms with E-state index in [9.17, 15) is 10.2 Å². The summed E-state index contributed by atoms with van der Waals surface area (Å²) in [5, 5.41) is 31.3. The Hall–Kier alpha value is -1.54. The van der Waals surface area contributed by atoms with E-state index in [0.717, 1.165) is 0 Å². The Labute approximate surface area is 126 Å².